The van der Waals surface area contributed by atoms with Crippen LogP contribution in [0.3, 0.4) is 0 Å². The second kappa shape index (κ2) is 7.90. The summed E-state index contributed by atoms with van der Waals surface area (Å²) in [6.07, 6.45) is 4.07. The molecule has 1 fully saturated rings. The Morgan fingerprint density at radius 2 is 1.75 bits per heavy atom. The van der Waals surface area contributed by atoms with E-state index in [1.165, 1.54) is 12.8 Å². The highest BCUT2D eigenvalue weighted by Crippen LogP contribution is 2.35. The summed E-state index contributed by atoms with van der Waals surface area (Å²) in [5.74, 6) is 2.08. The average molecular weight is 282 g/mol. The highest BCUT2D eigenvalue weighted by atomic mass is 16.5. The van der Waals surface area contributed by atoms with Crippen LogP contribution in [0.25, 0.3) is 0 Å². The Kier molecular flexibility index (Phi) is 6.84. The highest BCUT2D eigenvalue weighted by molar-refractivity contribution is 5.74. The van der Waals surface area contributed by atoms with Gasteiger partial charge in [0.25, 0.3) is 6.02 Å². The first-order valence-corrected chi connectivity index (χ1v) is 8.30. The molecule has 1 aliphatic rings. The van der Waals surface area contributed by atoms with Crippen LogP contribution in [0.15, 0.2) is 4.99 Å². The summed E-state index contributed by atoms with van der Waals surface area (Å²) in [7, 11) is 0. The van der Waals surface area contributed by atoms with Crippen LogP contribution in [0, 0.1) is 17.8 Å². The van der Waals surface area contributed by atoms with Crippen LogP contribution in [-0.4, -0.2) is 24.2 Å². The zero-order valence-corrected chi connectivity index (χ0v) is 14.4. The molecule has 0 spiro atoms. The minimum atomic E-state index is 0.259. The lowest BCUT2D eigenvalue weighted by molar-refractivity contribution is 0.0321. The van der Waals surface area contributed by atoms with E-state index in [9.17, 15) is 0 Å². The SMILES string of the molecule is CC(C)N=C(NC(C)C)O[C@@H]1C[C@@H](C)CC[C@@H]1C(C)C. The van der Waals surface area contributed by atoms with Crippen LogP contribution >= 0.6 is 0 Å². The predicted molar refractivity (Wildman–Crippen MR) is 87.1 cm³/mol. The molecule has 0 radical (unpaired) electrons. The molecule has 3 nitrogen and oxygen atoms in total. The van der Waals surface area contributed by atoms with E-state index in [1.807, 2.05) is 0 Å². The number of hydrogen-bond donors (Lipinski definition) is 1. The number of nitrogens with one attached hydrogen (secondary N) is 1. The Hall–Kier alpha value is -0.730. The second-order valence-electron chi connectivity index (χ2n) is 7.31. The minimum absolute atomic E-state index is 0.259. The predicted octanol–water partition coefficient (Wildman–Crippen LogP) is 4.23. The lowest BCUT2D eigenvalue weighted by Crippen LogP contribution is -2.41. The molecule has 1 aliphatic carbocycles. The van der Waals surface area contributed by atoms with E-state index in [1.54, 1.807) is 0 Å². The Labute approximate surface area is 125 Å². The largest absolute Gasteiger partial charge is 0.462 e. The van der Waals surface area contributed by atoms with Crippen LogP contribution in [0.4, 0.5) is 0 Å². The van der Waals surface area contributed by atoms with E-state index in [4.69, 9.17) is 4.74 Å². The third kappa shape index (κ3) is 5.72. The molecule has 0 aliphatic heterocycles. The van der Waals surface area contributed by atoms with Gasteiger partial charge in [-0.05, 0) is 58.3 Å². The molecule has 0 bridgehead atoms. The highest BCUT2D eigenvalue weighted by Gasteiger charge is 2.33. The van der Waals surface area contributed by atoms with E-state index in [2.05, 4.69) is 58.8 Å². The van der Waals surface area contributed by atoms with Crippen LogP contribution in [0.2, 0.25) is 0 Å². The van der Waals surface area contributed by atoms with E-state index in [0.717, 1.165) is 18.4 Å². The fourth-order valence-electron chi connectivity index (χ4n) is 2.98. The minimum Gasteiger partial charge on any atom is -0.462 e. The van der Waals surface area contributed by atoms with Crippen LogP contribution < -0.4 is 5.32 Å². The van der Waals surface area contributed by atoms with Crippen molar-refractivity contribution >= 4 is 6.02 Å². The van der Waals surface area contributed by atoms with Crippen molar-refractivity contribution in [1.82, 2.24) is 5.32 Å². The van der Waals surface area contributed by atoms with Crippen molar-refractivity contribution < 1.29 is 4.74 Å². The van der Waals surface area contributed by atoms with Crippen molar-refractivity contribution in [3.8, 4) is 0 Å². The van der Waals surface area contributed by atoms with Gasteiger partial charge in [-0.15, -0.1) is 0 Å². The summed E-state index contributed by atoms with van der Waals surface area (Å²) < 4.78 is 6.30. The first kappa shape index (κ1) is 17.3. The molecule has 118 valence electrons. The molecule has 0 saturated heterocycles. The van der Waals surface area contributed by atoms with Gasteiger partial charge in [-0.3, -0.25) is 0 Å². The maximum Gasteiger partial charge on any atom is 0.285 e. The molecule has 0 aromatic heterocycles. The smallest absolute Gasteiger partial charge is 0.285 e. The molecule has 3 heteroatoms. The molecule has 0 aromatic rings. The van der Waals surface area contributed by atoms with E-state index >= 15 is 0 Å². The van der Waals surface area contributed by atoms with Gasteiger partial charge >= 0.3 is 0 Å². The maximum absolute atomic E-state index is 6.30. The zero-order chi connectivity index (χ0) is 15.3. The van der Waals surface area contributed by atoms with E-state index in [0.29, 0.717) is 24.0 Å². The van der Waals surface area contributed by atoms with Crippen LogP contribution in [-0.2, 0) is 4.74 Å². The molecular formula is C17H34N2O. The summed E-state index contributed by atoms with van der Waals surface area (Å²) in [6.45, 7) is 15.4. The van der Waals surface area contributed by atoms with Gasteiger partial charge < -0.3 is 10.1 Å². The van der Waals surface area contributed by atoms with Gasteiger partial charge in [0.05, 0.1) is 0 Å². The number of rotatable bonds is 4. The summed E-state index contributed by atoms with van der Waals surface area (Å²) in [5, 5.41) is 3.36. The Morgan fingerprint density at radius 1 is 1.10 bits per heavy atom. The molecule has 0 unspecified atom stereocenters. The standard InChI is InChI=1S/C17H34N2O/c1-11(2)15-9-8-14(7)10-16(15)20-17(18-12(3)4)19-13(5)6/h11-16H,8-10H2,1-7H3,(H,18,19)/t14-,15+,16+/m0/s1. The molecule has 1 N–H and O–H groups in total. The quantitative estimate of drug-likeness (QED) is 0.618. The maximum atomic E-state index is 6.30. The van der Waals surface area contributed by atoms with Crippen molar-refractivity contribution in [3.05, 3.63) is 0 Å². The fraction of sp³-hybridized carbons (Fsp3) is 0.941. The van der Waals surface area contributed by atoms with Crippen molar-refractivity contribution in [2.75, 3.05) is 0 Å². The first-order valence-electron chi connectivity index (χ1n) is 8.30. The van der Waals surface area contributed by atoms with Gasteiger partial charge in [-0.25, -0.2) is 4.99 Å². The van der Waals surface area contributed by atoms with E-state index < -0.39 is 0 Å². The Balaban J connectivity index is 2.77. The van der Waals surface area contributed by atoms with Gasteiger partial charge in [0.15, 0.2) is 0 Å². The Morgan fingerprint density at radius 3 is 2.25 bits per heavy atom. The molecule has 0 amide bonds. The third-order valence-corrected chi connectivity index (χ3v) is 4.01. The molecule has 3 atom stereocenters. The van der Waals surface area contributed by atoms with Gasteiger partial charge in [0.1, 0.15) is 6.10 Å². The summed E-state index contributed by atoms with van der Waals surface area (Å²) in [6, 6.07) is 1.35. The molecule has 20 heavy (non-hydrogen) atoms. The van der Waals surface area contributed by atoms with Crippen LogP contribution in [0.1, 0.15) is 67.7 Å². The zero-order valence-electron chi connectivity index (χ0n) is 14.4. The summed E-state index contributed by atoms with van der Waals surface area (Å²) >= 11 is 0. The van der Waals surface area contributed by atoms with Crippen molar-refractivity contribution in [2.24, 2.45) is 22.7 Å². The normalized spacial score (nSPS) is 28.3. The summed E-state index contributed by atoms with van der Waals surface area (Å²) in [5.41, 5.74) is 0. The first-order chi connectivity index (χ1) is 9.29. The Bertz CT molecular complexity index is 310. The van der Waals surface area contributed by atoms with Crippen LogP contribution in [0.5, 0.6) is 0 Å². The fourth-order valence-corrected chi connectivity index (χ4v) is 2.98. The van der Waals surface area contributed by atoms with Gasteiger partial charge in [-0.2, -0.15) is 0 Å². The monoisotopic (exact) mass is 282 g/mol. The van der Waals surface area contributed by atoms with Gasteiger partial charge in [-0.1, -0.05) is 27.2 Å². The van der Waals surface area contributed by atoms with Gasteiger partial charge in [0.2, 0.25) is 0 Å². The molecule has 0 heterocycles. The average Bonchev–Trinajstić information content (AvgIpc) is 2.26. The lowest BCUT2D eigenvalue weighted by Gasteiger charge is -2.37. The van der Waals surface area contributed by atoms with Crippen molar-refractivity contribution in [2.45, 2.75) is 85.9 Å². The molecule has 0 aromatic carbocycles. The number of nitrogens with zero attached hydrogens (tertiary/aromatic N) is 1. The van der Waals surface area contributed by atoms with Crippen molar-refractivity contribution in [3.63, 3.8) is 0 Å². The second-order valence-corrected chi connectivity index (χ2v) is 7.31. The molecule has 1 saturated carbocycles. The molecular weight excluding hydrogens is 248 g/mol. The third-order valence-electron chi connectivity index (χ3n) is 4.01. The molecule has 1 rings (SSSR count). The van der Waals surface area contributed by atoms with Crippen molar-refractivity contribution in [1.29, 1.82) is 0 Å². The lowest BCUT2D eigenvalue weighted by atomic mass is 9.75. The topological polar surface area (TPSA) is 33.6 Å². The van der Waals surface area contributed by atoms with E-state index in [-0.39, 0.29) is 6.04 Å². The summed E-state index contributed by atoms with van der Waals surface area (Å²) in [4.78, 5) is 4.61. The number of hydrogen-bond acceptors (Lipinski definition) is 2. The number of amidine groups is 1. The van der Waals surface area contributed by atoms with Gasteiger partial charge in [0, 0.05) is 12.1 Å². The number of ether oxygens (including phenoxy) is 1. The number of aliphatic imine (C=N–C) groups is 1.